The number of ether oxygens (including phenoxy) is 2. The third-order valence-electron chi connectivity index (χ3n) is 5.59. The maximum absolute atomic E-state index is 12.6. The SMILES string of the molecule is CC(Sc1ccc(NC(=O)C2CCCCC2)cc1)C(=O)Nc1ccc2c(c1)OCCO2. The maximum atomic E-state index is 12.6. The summed E-state index contributed by atoms with van der Waals surface area (Å²) in [5.41, 5.74) is 1.48. The number of carbonyl (C=O) groups excluding carboxylic acids is 2. The van der Waals surface area contributed by atoms with Crippen LogP contribution in [-0.4, -0.2) is 30.3 Å². The Balaban J connectivity index is 1.29. The molecule has 4 rings (SSSR count). The first-order chi connectivity index (χ1) is 15.1. The molecule has 2 N–H and O–H groups in total. The first-order valence-electron chi connectivity index (χ1n) is 10.9. The summed E-state index contributed by atoms with van der Waals surface area (Å²) < 4.78 is 11.1. The Morgan fingerprint density at radius 3 is 2.32 bits per heavy atom. The molecule has 164 valence electrons. The van der Waals surface area contributed by atoms with Gasteiger partial charge in [-0.3, -0.25) is 9.59 Å². The molecule has 1 aliphatic heterocycles. The summed E-state index contributed by atoms with van der Waals surface area (Å²) in [6.45, 7) is 2.92. The van der Waals surface area contributed by atoms with E-state index in [0.717, 1.165) is 36.3 Å². The molecule has 1 atom stereocenters. The summed E-state index contributed by atoms with van der Waals surface area (Å²) in [5.74, 6) is 1.51. The van der Waals surface area contributed by atoms with Crippen LogP contribution >= 0.6 is 11.8 Å². The third kappa shape index (κ3) is 5.73. The summed E-state index contributed by atoms with van der Waals surface area (Å²) in [6.07, 6.45) is 5.47. The van der Waals surface area contributed by atoms with Crippen LogP contribution in [0, 0.1) is 5.92 Å². The van der Waals surface area contributed by atoms with E-state index in [4.69, 9.17) is 9.47 Å². The van der Waals surface area contributed by atoms with Gasteiger partial charge < -0.3 is 20.1 Å². The molecule has 0 bridgehead atoms. The number of nitrogens with one attached hydrogen (secondary N) is 2. The van der Waals surface area contributed by atoms with E-state index in [-0.39, 0.29) is 23.0 Å². The molecule has 31 heavy (non-hydrogen) atoms. The highest BCUT2D eigenvalue weighted by Gasteiger charge is 2.21. The predicted octanol–water partition coefficient (Wildman–Crippen LogP) is 5.10. The second-order valence-corrected chi connectivity index (χ2v) is 9.37. The molecule has 1 heterocycles. The highest BCUT2D eigenvalue weighted by molar-refractivity contribution is 8.00. The fraction of sp³-hybridized carbons (Fsp3) is 0.417. The van der Waals surface area contributed by atoms with Crippen molar-refractivity contribution in [2.24, 2.45) is 5.92 Å². The minimum Gasteiger partial charge on any atom is -0.486 e. The van der Waals surface area contributed by atoms with Gasteiger partial charge in [0.15, 0.2) is 11.5 Å². The molecular weight excluding hydrogens is 412 g/mol. The maximum Gasteiger partial charge on any atom is 0.237 e. The van der Waals surface area contributed by atoms with Gasteiger partial charge in [-0.25, -0.2) is 0 Å². The van der Waals surface area contributed by atoms with Gasteiger partial charge in [-0.2, -0.15) is 0 Å². The van der Waals surface area contributed by atoms with Crippen LogP contribution in [0.5, 0.6) is 11.5 Å². The van der Waals surface area contributed by atoms with Gasteiger partial charge in [0.2, 0.25) is 11.8 Å². The van der Waals surface area contributed by atoms with Crippen LogP contribution in [0.4, 0.5) is 11.4 Å². The highest BCUT2D eigenvalue weighted by atomic mass is 32.2. The number of anilines is 2. The Labute approximate surface area is 187 Å². The zero-order chi connectivity index (χ0) is 21.6. The van der Waals surface area contributed by atoms with Gasteiger partial charge in [0.05, 0.1) is 5.25 Å². The molecule has 0 saturated heterocycles. The molecule has 2 aromatic carbocycles. The third-order valence-corrected chi connectivity index (χ3v) is 6.70. The van der Waals surface area contributed by atoms with E-state index in [2.05, 4.69) is 10.6 Å². The van der Waals surface area contributed by atoms with Crippen molar-refractivity contribution in [1.82, 2.24) is 0 Å². The lowest BCUT2D eigenvalue weighted by molar-refractivity contribution is -0.120. The van der Waals surface area contributed by atoms with Crippen molar-refractivity contribution in [1.29, 1.82) is 0 Å². The van der Waals surface area contributed by atoms with Gasteiger partial charge in [0.1, 0.15) is 13.2 Å². The van der Waals surface area contributed by atoms with E-state index >= 15 is 0 Å². The summed E-state index contributed by atoms with van der Waals surface area (Å²) in [6, 6.07) is 13.1. The molecule has 2 aliphatic rings. The molecule has 1 fully saturated rings. The lowest BCUT2D eigenvalue weighted by atomic mass is 9.88. The van der Waals surface area contributed by atoms with E-state index in [9.17, 15) is 9.59 Å². The molecule has 0 aromatic heterocycles. The monoisotopic (exact) mass is 440 g/mol. The molecule has 1 saturated carbocycles. The van der Waals surface area contributed by atoms with Gasteiger partial charge in [-0.15, -0.1) is 11.8 Å². The first kappa shape index (κ1) is 21.6. The number of hydrogen-bond acceptors (Lipinski definition) is 5. The minimum absolute atomic E-state index is 0.0867. The van der Waals surface area contributed by atoms with Crippen LogP contribution in [0.1, 0.15) is 39.0 Å². The Morgan fingerprint density at radius 2 is 1.58 bits per heavy atom. The highest BCUT2D eigenvalue weighted by Crippen LogP contribution is 2.33. The van der Waals surface area contributed by atoms with Crippen molar-refractivity contribution in [2.75, 3.05) is 23.8 Å². The Bertz CT molecular complexity index is 926. The molecule has 1 unspecified atom stereocenters. The second-order valence-electron chi connectivity index (χ2n) is 7.96. The van der Waals surface area contributed by atoms with Crippen molar-refractivity contribution < 1.29 is 19.1 Å². The first-order valence-corrected chi connectivity index (χ1v) is 11.7. The number of thioether (sulfide) groups is 1. The van der Waals surface area contributed by atoms with Crippen molar-refractivity contribution in [3.05, 3.63) is 42.5 Å². The summed E-state index contributed by atoms with van der Waals surface area (Å²) in [5, 5.41) is 5.67. The summed E-state index contributed by atoms with van der Waals surface area (Å²) in [7, 11) is 0. The lowest BCUT2D eigenvalue weighted by Gasteiger charge is -2.20. The zero-order valence-corrected chi connectivity index (χ0v) is 18.5. The van der Waals surface area contributed by atoms with Crippen molar-refractivity contribution in [3.8, 4) is 11.5 Å². The van der Waals surface area contributed by atoms with Crippen LogP contribution in [0.25, 0.3) is 0 Å². The fourth-order valence-corrected chi connectivity index (χ4v) is 4.72. The van der Waals surface area contributed by atoms with Gasteiger partial charge >= 0.3 is 0 Å². The Kier molecular flexibility index (Phi) is 7.02. The fourth-order valence-electron chi connectivity index (χ4n) is 3.85. The largest absolute Gasteiger partial charge is 0.486 e. The standard InChI is InChI=1S/C24H28N2O4S/c1-16(23(27)26-19-9-12-21-22(15-19)30-14-13-29-21)31-20-10-7-18(8-11-20)25-24(28)17-5-3-2-4-6-17/h7-12,15-17H,2-6,13-14H2,1H3,(H,25,28)(H,26,27). The smallest absolute Gasteiger partial charge is 0.237 e. The topological polar surface area (TPSA) is 76.7 Å². The zero-order valence-electron chi connectivity index (χ0n) is 17.7. The summed E-state index contributed by atoms with van der Waals surface area (Å²) >= 11 is 1.47. The predicted molar refractivity (Wildman–Crippen MR) is 123 cm³/mol. The number of carbonyl (C=O) groups is 2. The quantitative estimate of drug-likeness (QED) is 0.612. The Hall–Kier alpha value is -2.67. The lowest BCUT2D eigenvalue weighted by Crippen LogP contribution is -2.24. The number of hydrogen-bond donors (Lipinski definition) is 2. The number of fused-ring (bicyclic) bond motifs is 1. The second kappa shape index (κ2) is 10.1. The van der Waals surface area contributed by atoms with Gasteiger partial charge in [-0.1, -0.05) is 19.3 Å². The van der Waals surface area contributed by atoms with E-state index in [1.807, 2.05) is 43.3 Å². The normalized spacial score (nSPS) is 16.9. The number of benzene rings is 2. The Morgan fingerprint density at radius 1 is 0.903 bits per heavy atom. The van der Waals surface area contributed by atoms with Gasteiger partial charge in [0.25, 0.3) is 0 Å². The number of rotatable bonds is 6. The van der Waals surface area contributed by atoms with Crippen LogP contribution in [-0.2, 0) is 9.59 Å². The van der Waals surface area contributed by atoms with Crippen LogP contribution in [0.2, 0.25) is 0 Å². The average Bonchev–Trinajstić information content (AvgIpc) is 2.80. The van der Waals surface area contributed by atoms with E-state index in [1.54, 1.807) is 6.07 Å². The average molecular weight is 441 g/mol. The molecule has 0 spiro atoms. The van der Waals surface area contributed by atoms with E-state index in [0.29, 0.717) is 30.4 Å². The van der Waals surface area contributed by atoms with Crippen molar-refractivity contribution >= 4 is 35.0 Å². The molecule has 1 aliphatic carbocycles. The minimum atomic E-state index is -0.282. The molecule has 7 heteroatoms. The molecule has 2 amide bonds. The van der Waals surface area contributed by atoms with Crippen molar-refractivity contribution in [2.45, 2.75) is 49.2 Å². The van der Waals surface area contributed by atoms with Gasteiger partial charge in [0, 0.05) is 28.3 Å². The van der Waals surface area contributed by atoms with Crippen LogP contribution in [0.3, 0.4) is 0 Å². The van der Waals surface area contributed by atoms with Gasteiger partial charge in [-0.05, 0) is 56.2 Å². The van der Waals surface area contributed by atoms with E-state index < -0.39 is 0 Å². The van der Waals surface area contributed by atoms with Crippen LogP contribution in [0.15, 0.2) is 47.4 Å². The molecule has 2 aromatic rings. The molecule has 6 nitrogen and oxygen atoms in total. The summed E-state index contributed by atoms with van der Waals surface area (Å²) in [4.78, 5) is 26.0. The van der Waals surface area contributed by atoms with E-state index in [1.165, 1.54) is 18.2 Å². The molecular formula is C24H28N2O4S. The van der Waals surface area contributed by atoms with Crippen LogP contribution < -0.4 is 20.1 Å². The van der Waals surface area contributed by atoms with Crippen molar-refractivity contribution in [3.63, 3.8) is 0 Å². The number of amides is 2. The molecule has 0 radical (unpaired) electrons.